The van der Waals surface area contributed by atoms with Crippen molar-refractivity contribution in [1.29, 1.82) is 0 Å². The zero-order chi connectivity index (χ0) is 28.1. The summed E-state index contributed by atoms with van der Waals surface area (Å²) in [7, 11) is 0. The normalized spacial score (nSPS) is 21.1. The van der Waals surface area contributed by atoms with Crippen LogP contribution in [0.2, 0.25) is 0 Å². The monoisotopic (exact) mass is 502 g/mol. The Morgan fingerprint density at radius 2 is 1.00 bits per heavy atom. The zero-order valence-corrected chi connectivity index (χ0v) is 24.9. The summed E-state index contributed by atoms with van der Waals surface area (Å²) in [6.45, 7) is 19.7. The van der Waals surface area contributed by atoms with E-state index >= 15 is 0 Å². The fourth-order valence-electron chi connectivity index (χ4n) is 5.18. The number of hydrogen-bond acceptors (Lipinski definition) is 2. The Labute approximate surface area is 227 Å². The molecule has 0 saturated carbocycles. The summed E-state index contributed by atoms with van der Waals surface area (Å²) in [6.07, 6.45) is 27.1. The highest BCUT2D eigenvalue weighted by Crippen LogP contribution is 2.41. The molecule has 2 aliphatic carbocycles. The second-order valence-electron chi connectivity index (χ2n) is 11.9. The summed E-state index contributed by atoms with van der Waals surface area (Å²) < 4.78 is 0. The van der Waals surface area contributed by atoms with Crippen LogP contribution < -0.4 is 0 Å². The minimum absolute atomic E-state index is 0.278. The Hall–Kier alpha value is -2.74. The van der Waals surface area contributed by atoms with Crippen LogP contribution in [0.3, 0.4) is 0 Å². The molecule has 0 aromatic carbocycles. The maximum absolute atomic E-state index is 10.3. The predicted molar refractivity (Wildman–Crippen MR) is 161 cm³/mol. The van der Waals surface area contributed by atoms with Gasteiger partial charge in [0.15, 0.2) is 0 Å². The number of carbonyl (C=O) groups excluding carboxylic acids is 2. The average Bonchev–Trinajstić information content (AvgIpc) is 2.78. The highest BCUT2D eigenvalue weighted by Gasteiger charge is 2.27. The number of rotatable bonds is 8. The van der Waals surface area contributed by atoms with Crippen molar-refractivity contribution in [1.82, 2.24) is 0 Å². The maximum atomic E-state index is 10.3. The van der Waals surface area contributed by atoms with Crippen LogP contribution in [0.5, 0.6) is 0 Å². The molecule has 0 aliphatic heterocycles. The zero-order valence-electron chi connectivity index (χ0n) is 24.9. The lowest BCUT2D eigenvalue weighted by Crippen LogP contribution is -2.19. The van der Waals surface area contributed by atoms with Gasteiger partial charge in [-0.25, -0.2) is 0 Å². The quantitative estimate of drug-likeness (QED) is 0.188. The number of hydrogen-bond donors (Lipinski definition) is 0. The van der Waals surface area contributed by atoms with Gasteiger partial charge in [-0.15, -0.1) is 0 Å². The largest absolute Gasteiger partial charge is 0.299 e. The van der Waals surface area contributed by atoms with Crippen molar-refractivity contribution in [3.8, 4) is 0 Å². The molecule has 0 N–H and O–H groups in total. The van der Waals surface area contributed by atoms with Gasteiger partial charge in [-0.2, -0.15) is 0 Å². The third kappa shape index (κ3) is 11.5. The molecule has 0 amide bonds. The van der Waals surface area contributed by atoms with Crippen molar-refractivity contribution in [2.24, 2.45) is 10.8 Å². The molecule has 2 aliphatic rings. The molecule has 2 heteroatoms. The molecule has 0 unspecified atom stereocenters. The molecule has 0 spiro atoms. The lowest BCUT2D eigenvalue weighted by molar-refractivity contribution is -0.104. The Kier molecular flexibility index (Phi) is 13.5. The smallest absolute Gasteiger partial charge is 0.143 e. The summed E-state index contributed by atoms with van der Waals surface area (Å²) in [5.41, 5.74) is 9.70. The lowest BCUT2D eigenvalue weighted by atomic mass is 9.72. The maximum Gasteiger partial charge on any atom is 0.143 e. The first-order valence-electron chi connectivity index (χ1n) is 13.7. The van der Waals surface area contributed by atoms with Gasteiger partial charge in [0.05, 0.1) is 0 Å². The SMILES string of the molecule is CC1=C(/C=C/C(C)=C/C=C/C(C)=C/C=O)C(C)(C)CCC1.CC1=C(/C=C/C(C)=C/C=O)C(C)(C)CCC1. The Balaban J connectivity index is 0.000000384. The first-order chi connectivity index (χ1) is 17.3. The molecule has 0 heterocycles. The Morgan fingerprint density at radius 3 is 1.38 bits per heavy atom. The van der Waals surface area contributed by atoms with Crippen LogP contribution in [-0.4, -0.2) is 12.6 Å². The molecule has 0 aromatic rings. The molecular formula is C35H50O2. The summed E-state index contributed by atoms with van der Waals surface area (Å²) in [4.78, 5) is 20.7. The fourth-order valence-corrected chi connectivity index (χ4v) is 5.18. The highest BCUT2D eigenvalue weighted by atomic mass is 16.1. The van der Waals surface area contributed by atoms with Crippen LogP contribution in [0.1, 0.15) is 101 Å². The van der Waals surface area contributed by atoms with E-state index in [-0.39, 0.29) is 10.8 Å². The molecule has 2 rings (SSSR count). The van der Waals surface area contributed by atoms with Crippen LogP contribution >= 0.6 is 0 Å². The van der Waals surface area contributed by atoms with Crippen molar-refractivity contribution in [2.75, 3.05) is 0 Å². The minimum atomic E-state index is 0.278. The van der Waals surface area contributed by atoms with E-state index in [1.165, 1.54) is 66.4 Å². The second-order valence-corrected chi connectivity index (χ2v) is 11.9. The molecule has 0 atom stereocenters. The molecular weight excluding hydrogens is 452 g/mol. The molecule has 0 fully saturated rings. The lowest BCUT2D eigenvalue weighted by Gasteiger charge is -2.32. The van der Waals surface area contributed by atoms with Gasteiger partial charge in [0.1, 0.15) is 12.6 Å². The molecule has 37 heavy (non-hydrogen) atoms. The van der Waals surface area contributed by atoms with E-state index in [9.17, 15) is 9.59 Å². The van der Waals surface area contributed by atoms with Crippen molar-refractivity contribution in [3.63, 3.8) is 0 Å². The number of allylic oxidation sites excluding steroid dienone is 16. The van der Waals surface area contributed by atoms with Crippen molar-refractivity contribution >= 4 is 12.6 Å². The van der Waals surface area contributed by atoms with E-state index in [1.807, 2.05) is 32.1 Å². The highest BCUT2D eigenvalue weighted by molar-refractivity contribution is 5.67. The van der Waals surface area contributed by atoms with E-state index < -0.39 is 0 Å². The van der Waals surface area contributed by atoms with E-state index in [2.05, 4.69) is 72.8 Å². The summed E-state index contributed by atoms with van der Waals surface area (Å²) in [6, 6.07) is 0. The standard InChI is InChI=1S/C20H28O.C15H22O/c1-16(8-6-9-17(2)13-15-21)11-12-19-18(3)10-7-14-20(19,4)5;1-12(9-11-16)7-8-14-13(2)6-5-10-15(14,3)4/h6,8-9,11-13,15H,7,10,14H2,1-5H3;7-9,11H,5-6,10H2,1-4H3/b9-6+,12-11+,16-8+,17-13+;8-7+,12-9+. The van der Waals surface area contributed by atoms with Gasteiger partial charge >= 0.3 is 0 Å². The van der Waals surface area contributed by atoms with Crippen LogP contribution in [0, 0.1) is 10.8 Å². The van der Waals surface area contributed by atoms with Crippen LogP contribution in [-0.2, 0) is 9.59 Å². The van der Waals surface area contributed by atoms with E-state index in [4.69, 9.17) is 0 Å². The first-order valence-corrected chi connectivity index (χ1v) is 13.7. The van der Waals surface area contributed by atoms with Gasteiger partial charge < -0.3 is 0 Å². The number of carbonyl (C=O) groups is 2. The third-order valence-electron chi connectivity index (χ3n) is 7.49. The molecule has 202 valence electrons. The summed E-state index contributed by atoms with van der Waals surface area (Å²) in [5, 5.41) is 0. The molecule has 2 nitrogen and oxygen atoms in total. The predicted octanol–water partition coefficient (Wildman–Crippen LogP) is 9.93. The fraction of sp³-hybridized carbons (Fsp3) is 0.486. The van der Waals surface area contributed by atoms with Crippen LogP contribution in [0.15, 0.2) is 93.7 Å². The molecule has 0 radical (unpaired) electrons. The topological polar surface area (TPSA) is 34.1 Å². The number of aldehydes is 2. The minimum Gasteiger partial charge on any atom is -0.299 e. The van der Waals surface area contributed by atoms with Crippen molar-refractivity contribution < 1.29 is 9.59 Å². The van der Waals surface area contributed by atoms with Gasteiger partial charge in [-0.05, 0) is 118 Å². The van der Waals surface area contributed by atoms with Gasteiger partial charge in [-0.1, -0.05) is 86.9 Å². The van der Waals surface area contributed by atoms with Crippen molar-refractivity contribution in [2.45, 2.75) is 101 Å². The molecule has 0 aromatic heterocycles. The Bertz CT molecular complexity index is 1040. The van der Waals surface area contributed by atoms with Gasteiger partial charge in [-0.3, -0.25) is 9.59 Å². The van der Waals surface area contributed by atoms with E-state index in [1.54, 1.807) is 12.2 Å². The van der Waals surface area contributed by atoms with Crippen LogP contribution in [0.25, 0.3) is 0 Å². The van der Waals surface area contributed by atoms with E-state index in [0.717, 1.165) is 23.7 Å². The molecule has 0 saturated heterocycles. The first kappa shape index (κ1) is 32.3. The Morgan fingerprint density at radius 1 is 0.622 bits per heavy atom. The average molecular weight is 503 g/mol. The van der Waals surface area contributed by atoms with E-state index in [0.29, 0.717) is 0 Å². The van der Waals surface area contributed by atoms with Crippen LogP contribution in [0.4, 0.5) is 0 Å². The summed E-state index contributed by atoms with van der Waals surface area (Å²) in [5.74, 6) is 0. The third-order valence-corrected chi connectivity index (χ3v) is 7.49. The second kappa shape index (κ2) is 15.5. The van der Waals surface area contributed by atoms with Gasteiger partial charge in [0.25, 0.3) is 0 Å². The summed E-state index contributed by atoms with van der Waals surface area (Å²) >= 11 is 0. The van der Waals surface area contributed by atoms with Crippen molar-refractivity contribution in [3.05, 3.63) is 93.7 Å². The molecule has 0 bridgehead atoms. The van der Waals surface area contributed by atoms with Gasteiger partial charge in [0, 0.05) is 0 Å². The van der Waals surface area contributed by atoms with Gasteiger partial charge in [0.2, 0.25) is 0 Å².